The summed E-state index contributed by atoms with van der Waals surface area (Å²) in [5, 5.41) is 1.79. The van der Waals surface area contributed by atoms with Crippen molar-refractivity contribution < 1.29 is 9.53 Å². The van der Waals surface area contributed by atoms with Crippen LogP contribution in [0.3, 0.4) is 0 Å². The molecule has 1 aliphatic rings. The zero-order valence-electron chi connectivity index (χ0n) is 9.55. The SMILES string of the molecule is COC1CN(C(=O)c2cscn2)CCC1C. The summed E-state index contributed by atoms with van der Waals surface area (Å²) in [6, 6.07) is 0. The lowest BCUT2D eigenvalue weighted by molar-refractivity contribution is -0.00174. The van der Waals surface area contributed by atoms with Crippen LogP contribution in [0.5, 0.6) is 0 Å². The van der Waals surface area contributed by atoms with Crippen molar-refractivity contribution in [3.8, 4) is 0 Å². The second-order valence-electron chi connectivity index (χ2n) is 4.16. The Morgan fingerprint density at radius 3 is 3.12 bits per heavy atom. The predicted octanol–water partition coefficient (Wildman–Crippen LogP) is 1.64. The summed E-state index contributed by atoms with van der Waals surface area (Å²) in [5.74, 6) is 0.541. The van der Waals surface area contributed by atoms with Crippen LogP contribution in [0.15, 0.2) is 10.9 Å². The van der Waals surface area contributed by atoms with Gasteiger partial charge in [-0.3, -0.25) is 4.79 Å². The molecule has 4 nitrogen and oxygen atoms in total. The molecule has 0 radical (unpaired) electrons. The van der Waals surface area contributed by atoms with Gasteiger partial charge in [-0.25, -0.2) is 4.98 Å². The Hall–Kier alpha value is -0.940. The van der Waals surface area contributed by atoms with Crippen molar-refractivity contribution in [2.24, 2.45) is 5.92 Å². The van der Waals surface area contributed by atoms with Crippen LogP contribution < -0.4 is 0 Å². The molecule has 0 aromatic carbocycles. The molecule has 88 valence electrons. The van der Waals surface area contributed by atoms with Crippen molar-refractivity contribution in [3.63, 3.8) is 0 Å². The van der Waals surface area contributed by atoms with Crippen molar-refractivity contribution in [1.82, 2.24) is 9.88 Å². The number of hydrogen-bond donors (Lipinski definition) is 0. The normalized spacial score (nSPS) is 25.8. The van der Waals surface area contributed by atoms with E-state index < -0.39 is 0 Å². The van der Waals surface area contributed by atoms with Crippen LogP contribution in [-0.2, 0) is 4.74 Å². The Balaban J connectivity index is 2.03. The maximum atomic E-state index is 12.0. The lowest BCUT2D eigenvalue weighted by Crippen LogP contribution is -2.46. The number of carbonyl (C=O) groups is 1. The summed E-state index contributed by atoms with van der Waals surface area (Å²) in [6.45, 7) is 3.64. The highest BCUT2D eigenvalue weighted by Crippen LogP contribution is 2.20. The minimum atomic E-state index is 0.0233. The number of thiazole rings is 1. The summed E-state index contributed by atoms with van der Waals surface area (Å²) in [7, 11) is 1.71. The van der Waals surface area contributed by atoms with E-state index in [-0.39, 0.29) is 12.0 Å². The van der Waals surface area contributed by atoms with Gasteiger partial charge >= 0.3 is 0 Å². The third-order valence-electron chi connectivity index (χ3n) is 3.13. The van der Waals surface area contributed by atoms with E-state index in [1.165, 1.54) is 11.3 Å². The molecule has 0 saturated carbocycles. The largest absolute Gasteiger partial charge is 0.379 e. The van der Waals surface area contributed by atoms with Gasteiger partial charge in [-0.05, 0) is 12.3 Å². The van der Waals surface area contributed by atoms with E-state index in [0.29, 0.717) is 18.2 Å². The molecule has 0 N–H and O–H groups in total. The molecule has 1 amide bonds. The topological polar surface area (TPSA) is 42.4 Å². The van der Waals surface area contributed by atoms with Crippen molar-refractivity contribution >= 4 is 17.2 Å². The Kier molecular flexibility index (Phi) is 3.56. The zero-order valence-corrected chi connectivity index (χ0v) is 10.4. The quantitative estimate of drug-likeness (QED) is 0.789. The van der Waals surface area contributed by atoms with Crippen LogP contribution >= 0.6 is 11.3 Å². The van der Waals surface area contributed by atoms with E-state index in [9.17, 15) is 4.79 Å². The van der Waals surface area contributed by atoms with Gasteiger partial charge in [0.05, 0.1) is 11.6 Å². The fraction of sp³-hybridized carbons (Fsp3) is 0.636. The van der Waals surface area contributed by atoms with Gasteiger partial charge < -0.3 is 9.64 Å². The highest BCUT2D eigenvalue weighted by atomic mass is 32.1. The molecule has 2 unspecified atom stereocenters. The maximum absolute atomic E-state index is 12.0. The fourth-order valence-corrected chi connectivity index (χ4v) is 2.53. The number of nitrogens with zero attached hydrogens (tertiary/aromatic N) is 2. The first-order chi connectivity index (χ1) is 7.72. The number of piperidine rings is 1. The molecular weight excluding hydrogens is 224 g/mol. The number of ether oxygens (including phenoxy) is 1. The van der Waals surface area contributed by atoms with Crippen LogP contribution in [0.1, 0.15) is 23.8 Å². The standard InChI is InChI=1S/C11H16N2O2S/c1-8-3-4-13(5-10(8)15-2)11(14)9-6-16-7-12-9/h6-8,10H,3-5H2,1-2H3. The van der Waals surface area contributed by atoms with Crippen LogP contribution in [0, 0.1) is 5.92 Å². The zero-order chi connectivity index (χ0) is 11.5. The summed E-state index contributed by atoms with van der Waals surface area (Å²) < 4.78 is 5.39. The van der Waals surface area contributed by atoms with Crippen molar-refractivity contribution in [3.05, 3.63) is 16.6 Å². The number of likely N-dealkylation sites (tertiary alicyclic amines) is 1. The molecule has 1 aromatic heterocycles. The molecule has 5 heteroatoms. The lowest BCUT2D eigenvalue weighted by atomic mass is 9.95. The van der Waals surface area contributed by atoms with Crippen LogP contribution in [-0.4, -0.2) is 42.1 Å². The van der Waals surface area contributed by atoms with E-state index in [1.54, 1.807) is 18.0 Å². The van der Waals surface area contributed by atoms with Crippen LogP contribution in [0.4, 0.5) is 0 Å². The van der Waals surface area contributed by atoms with Crippen LogP contribution in [0.2, 0.25) is 0 Å². The average molecular weight is 240 g/mol. The van der Waals surface area contributed by atoms with Gasteiger partial charge in [0.25, 0.3) is 5.91 Å². The monoisotopic (exact) mass is 240 g/mol. The van der Waals surface area contributed by atoms with Gasteiger partial charge in [-0.1, -0.05) is 6.92 Å². The molecule has 1 fully saturated rings. The molecule has 0 bridgehead atoms. The Bertz CT molecular complexity index is 353. The average Bonchev–Trinajstić information content (AvgIpc) is 2.82. The molecule has 0 spiro atoms. The van der Waals surface area contributed by atoms with E-state index in [4.69, 9.17) is 4.74 Å². The maximum Gasteiger partial charge on any atom is 0.273 e. The van der Waals surface area contributed by atoms with E-state index in [0.717, 1.165) is 13.0 Å². The first kappa shape index (κ1) is 11.5. The van der Waals surface area contributed by atoms with E-state index >= 15 is 0 Å². The van der Waals surface area contributed by atoms with Gasteiger partial charge in [0.15, 0.2) is 0 Å². The van der Waals surface area contributed by atoms with Crippen LogP contribution in [0.25, 0.3) is 0 Å². The Morgan fingerprint density at radius 1 is 1.69 bits per heavy atom. The minimum Gasteiger partial charge on any atom is -0.379 e. The second-order valence-corrected chi connectivity index (χ2v) is 4.88. The van der Waals surface area contributed by atoms with Crippen molar-refractivity contribution in [2.75, 3.05) is 20.2 Å². The molecule has 0 aliphatic carbocycles. The number of aromatic nitrogens is 1. The predicted molar refractivity (Wildman–Crippen MR) is 62.6 cm³/mol. The van der Waals surface area contributed by atoms with Gasteiger partial charge in [0.2, 0.25) is 0 Å². The number of hydrogen-bond acceptors (Lipinski definition) is 4. The minimum absolute atomic E-state index is 0.0233. The molecule has 2 heterocycles. The number of carbonyl (C=O) groups excluding carboxylic acids is 1. The third-order valence-corrected chi connectivity index (χ3v) is 3.72. The summed E-state index contributed by atoms with van der Waals surface area (Å²) >= 11 is 1.45. The van der Waals surface area contributed by atoms with E-state index in [1.807, 2.05) is 4.90 Å². The molecule has 1 aromatic rings. The molecule has 16 heavy (non-hydrogen) atoms. The smallest absolute Gasteiger partial charge is 0.273 e. The Morgan fingerprint density at radius 2 is 2.50 bits per heavy atom. The summed E-state index contributed by atoms with van der Waals surface area (Å²) in [6.07, 6.45) is 1.14. The van der Waals surface area contributed by atoms with Crippen molar-refractivity contribution in [1.29, 1.82) is 0 Å². The first-order valence-electron chi connectivity index (χ1n) is 5.42. The molecule has 1 aliphatic heterocycles. The molecular formula is C11H16N2O2S. The number of amides is 1. The second kappa shape index (κ2) is 4.93. The Labute approximate surface area is 99.2 Å². The summed E-state index contributed by atoms with van der Waals surface area (Å²) in [4.78, 5) is 17.9. The third kappa shape index (κ3) is 2.25. The molecule has 1 saturated heterocycles. The van der Waals surface area contributed by atoms with Crippen molar-refractivity contribution in [2.45, 2.75) is 19.4 Å². The molecule has 2 rings (SSSR count). The van der Waals surface area contributed by atoms with E-state index in [2.05, 4.69) is 11.9 Å². The number of rotatable bonds is 2. The fourth-order valence-electron chi connectivity index (χ4n) is 2.01. The number of methoxy groups -OCH3 is 1. The summed E-state index contributed by atoms with van der Waals surface area (Å²) in [5.41, 5.74) is 2.24. The van der Waals surface area contributed by atoms with Gasteiger partial charge in [-0.15, -0.1) is 11.3 Å². The lowest BCUT2D eigenvalue weighted by Gasteiger charge is -2.35. The molecule has 2 atom stereocenters. The first-order valence-corrected chi connectivity index (χ1v) is 6.37. The van der Waals surface area contributed by atoms with Gasteiger partial charge in [-0.2, -0.15) is 0 Å². The highest BCUT2D eigenvalue weighted by Gasteiger charge is 2.29. The van der Waals surface area contributed by atoms with Gasteiger partial charge in [0, 0.05) is 25.6 Å². The van der Waals surface area contributed by atoms with Gasteiger partial charge in [0.1, 0.15) is 5.69 Å². The highest BCUT2D eigenvalue weighted by molar-refractivity contribution is 7.07.